The van der Waals surface area contributed by atoms with E-state index >= 15 is 0 Å². The van der Waals surface area contributed by atoms with Crippen molar-refractivity contribution < 1.29 is 5.11 Å². The number of nitrogens with zero attached hydrogens (tertiary/aromatic N) is 2. The number of aryl methyl sites for hydroxylation is 1. The highest BCUT2D eigenvalue weighted by atomic mass is 32.2. The van der Waals surface area contributed by atoms with Crippen molar-refractivity contribution in [3.8, 4) is 0 Å². The lowest BCUT2D eigenvalue weighted by Crippen LogP contribution is -2.27. The van der Waals surface area contributed by atoms with Crippen LogP contribution in [0.3, 0.4) is 0 Å². The number of aliphatic hydroxyl groups is 1. The van der Waals surface area contributed by atoms with Gasteiger partial charge in [-0.3, -0.25) is 0 Å². The van der Waals surface area contributed by atoms with Crippen LogP contribution in [-0.2, 0) is 12.8 Å². The van der Waals surface area contributed by atoms with Crippen LogP contribution in [0.25, 0.3) is 0 Å². The second-order valence-corrected chi connectivity index (χ2v) is 5.59. The molecule has 15 heavy (non-hydrogen) atoms. The minimum absolute atomic E-state index is 0.496. The van der Waals surface area contributed by atoms with Gasteiger partial charge in [-0.2, -0.15) is 0 Å². The Morgan fingerprint density at radius 1 is 1.47 bits per heavy atom. The highest BCUT2D eigenvalue weighted by molar-refractivity contribution is 7.99. The summed E-state index contributed by atoms with van der Waals surface area (Å²) >= 11 is 1.64. The van der Waals surface area contributed by atoms with Crippen molar-refractivity contribution in [1.29, 1.82) is 0 Å². The molecule has 1 aromatic heterocycles. The van der Waals surface area contributed by atoms with Crippen LogP contribution < -0.4 is 0 Å². The second-order valence-electron chi connectivity index (χ2n) is 4.25. The first kappa shape index (κ1) is 11.0. The van der Waals surface area contributed by atoms with Crippen LogP contribution in [0.1, 0.15) is 37.9 Å². The molecule has 84 valence electrons. The van der Waals surface area contributed by atoms with Crippen LogP contribution in [0.4, 0.5) is 0 Å². The van der Waals surface area contributed by atoms with E-state index in [1.54, 1.807) is 18.0 Å². The van der Waals surface area contributed by atoms with E-state index in [-0.39, 0.29) is 0 Å². The Labute approximate surface area is 94.9 Å². The van der Waals surface area contributed by atoms with Gasteiger partial charge in [0.1, 0.15) is 10.8 Å². The van der Waals surface area contributed by atoms with Gasteiger partial charge in [-0.15, -0.1) is 11.8 Å². The predicted molar refractivity (Wildman–Crippen MR) is 62.5 cm³/mol. The first-order chi connectivity index (χ1) is 7.20. The van der Waals surface area contributed by atoms with Gasteiger partial charge in [-0.05, 0) is 25.7 Å². The van der Waals surface area contributed by atoms with E-state index in [2.05, 4.69) is 4.98 Å². The first-order valence-corrected chi connectivity index (χ1v) is 6.51. The Morgan fingerprint density at radius 2 is 2.20 bits per heavy atom. The monoisotopic (exact) mass is 226 g/mol. The summed E-state index contributed by atoms with van der Waals surface area (Å²) in [5, 5.41) is 10.3. The summed E-state index contributed by atoms with van der Waals surface area (Å²) in [6.45, 7) is 0. The number of aromatic nitrogens is 2. The highest BCUT2D eigenvalue weighted by Gasteiger charge is 2.29. The number of hydrogen-bond donors (Lipinski definition) is 1. The van der Waals surface area contributed by atoms with E-state index in [1.165, 1.54) is 6.42 Å². The molecule has 1 saturated carbocycles. The third kappa shape index (κ3) is 2.75. The topological polar surface area (TPSA) is 38.0 Å². The van der Waals surface area contributed by atoms with Crippen molar-refractivity contribution >= 4 is 11.8 Å². The molecule has 0 bridgehead atoms. The van der Waals surface area contributed by atoms with Crippen molar-refractivity contribution in [1.82, 2.24) is 9.55 Å². The molecule has 0 radical (unpaired) electrons. The lowest BCUT2D eigenvalue weighted by Gasteiger charge is -2.31. The second kappa shape index (κ2) is 4.58. The predicted octanol–water partition coefficient (Wildman–Crippen LogP) is 2.31. The van der Waals surface area contributed by atoms with Crippen molar-refractivity contribution in [3.63, 3.8) is 0 Å². The van der Waals surface area contributed by atoms with Gasteiger partial charge in [-0.1, -0.05) is 6.42 Å². The van der Waals surface area contributed by atoms with Gasteiger partial charge in [0.15, 0.2) is 0 Å². The largest absolute Gasteiger partial charge is 0.379 e. The van der Waals surface area contributed by atoms with Crippen LogP contribution >= 0.6 is 11.8 Å². The molecule has 0 saturated heterocycles. The molecule has 1 heterocycles. The molecule has 0 aliphatic heterocycles. The van der Waals surface area contributed by atoms with Gasteiger partial charge >= 0.3 is 0 Å². The van der Waals surface area contributed by atoms with Gasteiger partial charge in [0.05, 0.1) is 5.75 Å². The Bertz CT molecular complexity index is 318. The van der Waals surface area contributed by atoms with Crippen LogP contribution in [0.5, 0.6) is 0 Å². The van der Waals surface area contributed by atoms with Crippen molar-refractivity contribution in [2.45, 2.75) is 42.8 Å². The Morgan fingerprint density at radius 3 is 2.80 bits per heavy atom. The molecule has 1 N–H and O–H groups in total. The lowest BCUT2D eigenvalue weighted by molar-refractivity contribution is 0.0944. The van der Waals surface area contributed by atoms with E-state index in [9.17, 15) is 5.11 Å². The molecular formula is C11H18N2OS. The fourth-order valence-corrected chi connectivity index (χ4v) is 3.24. The summed E-state index contributed by atoms with van der Waals surface area (Å²) in [4.78, 5) is 3.77. The Balaban J connectivity index is 1.89. The van der Waals surface area contributed by atoms with Crippen molar-refractivity contribution in [2.75, 3.05) is 0 Å². The zero-order chi connectivity index (χ0) is 10.7. The Kier molecular flexibility index (Phi) is 3.36. The lowest BCUT2D eigenvalue weighted by atomic mass is 9.97. The molecule has 0 atom stereocenters. The zero-order valence-corrected chi connectivity index (χ0v) is 9.96. The van der Waals surface area contributed by atoms with Crippen LogP contribution in [0.2, 0.25) is 0 Å². The molecule has 1 aliphatic rings. The van der Waals surface area contributed by atoms with Crippen LogP contribution in [-0.4, -0.2) is 19.6 Å². The molecule has 1 fully saturated rings. The average Bonchev–Trinajstić information content (AvgIpc) is 2.62. The van der Waals surface area contributed by atoms with E-state index in [1.807, 2.05) is 17.8 Å². The van der Waals surface area contributed by atoms with Gasteiger partial charge in [0.25, 0.3) is 0 Å². The molecule has 3 nitrogen and oxygen atoms in total. The maximum absolute atomic E-state index is 10.3. The molecule has 0 aromatic carbocycles. The highest BCUT2D eigenvalue weighted by Crippen LogP contribution is 2.38. The summed E-state index contributed by atoms with van der Waals surface area (Å²) in [6.07, 6.45) is 9.20. The summed E-state index contributed by atoms with van der Waals surface area (Å²) in [5.74, 6) is 1.85. The molecule has 1 aliphatic carbocycles. The SMILES string of the molecule is Cn1ccnc1CSC1(O)CCCCC1. The number of imidazole rings is 1. The van der Waals surface area contributed by atoms with Crippen molar-refractivity contribution in [3.05, 3.63) is 18.2 Å². The molecule has 2 rings (SSSR count). The maximum atomic E-state index is 10.3. The summed E-state index contributed by atoms with van der Waals surface area (Å²) in [5.41, 5.74) is 0. The number of hydrogen-bond acceptors (Lipinski definition) is 3. The quantitative estimate of drug-likeness (QED) is 0.804. The summed E-state index contributed by atoms with van der Waals surface area (Å²) < 4.78 is 2.01. The van der Waals surface area contributed by atoms with Crippen LogP contribution in [0.15, 0.2) is 12.4 Å². The molecular weight excluding hydrogens is 208 g/mol. The fourth-order valence-electron chi connectivity index (χ4n) is 1.98. The molecule has 0 spiro atoms. The van der Waals surface area contributed by atoms with E-state index < -0.39 is 4.93 Å². The third-order valence-corrected chi connectivity index (χ3v) is 4.37. The van der Waals surface area contributed by atoms with E-state index in [0.29, 0.717) is 0 Å². The summed E-state index contributed by atoms with van der Waals surface area (Å²) in [6, 6.07) is 0. The summed E-state index contributed by atoms with van der Waals surface area (Å²) in [7, 11) is 1.99. The number of thioether (sulfide) groups is 1. The maximum Gasteiger partial charge on any atom is 0.118 e. The zero-order valence-electron chi connectivity index (χ0n) is 9.15. The van der Waals surface area contributed by atoms with Crippen LogP contribution in [0, 0.1) is 0 Å². The molecule has 0 unspecified atom stereocenters. The van der Waals surface area contributed by atoms with Crippen molar-refractivity contribution in [2.24, 2.45) is 7.05 Å². The molecule has 1 aromatic rings. The molecule has 4 heteroatoms. The normalized spacial score (nSPS) is 20.4. The van der Waals surface area contributed by atoms with Gasteiger partial charge < -0.3 is 9.67 Å². The van der Waals surface area contributed by atoms with E-state index in [0.717, 1.165) is 37.3 Å². The van der Waals surface area contributed by atoms with Gasteiger partial charge in [0, 0.05) is 19.4 Å². The smallest absolute Gasteiger partial charge is 0.118 e. The minimum atomic E-state index is -0.496. The van der Waals surface area contributed by atoms with Gasteiger partial charge in [-0.25, -0.2) is 4.98 Å². The Hall–Kier alpha value is -0.480. The van der Waals surface area contributed by atoms with Gasteiger partial charge in [0.2, 0.25) is 0 Å². The standard InChI is InChI=1S/C11H18N2OS/c1-13-8-7-12-10(13)9-15-11(14)5-3-2-4-6-11/h7-8,14H,2-6,9H2,1H3. The average molecular weight is 226 g/mol. The minimum Gasteiger partial charge on any atom is -0.379 e. The fraction of sp³-hybridized carbons (Fsp3) is 0.727. The third-order valence-electron chi connectivity index (χ3n) is 3.03. The van der Waals surface area contributed by atoms with E-state index in [4.69, 9.17) is 0 Å². The first-order valence-electron chi connectivity index (χ1n) is 5.52. The number of rotatable bonds is 3. The molecule has 0 amide bonds.